The number of alkyl halides is 3. The third-order valence-corrected chi connectivity index (χ3v) is 11.9. The van der Waals surface area contributed by atoms with Crippen molar-refractivity contribution in [3.05, 3.63) is 85.7 Å². The first-order valence-electron chi connectivity index (χ1n) is 15.9. The van der Waals surface area contributed by atoms with Gasteiger partial charge in [0.15, 0.2) is 17.3 Å². The Hall–Kier alpha value is -4.21. The number of methoxy groups -OCH3 is 1. The van der Waals surface area contributed by atoms with Crippen molar-refractivity contribution in [1.82, 2.24) is 9.99 Å². The number of phenols is 1. The Morgan fingerprint density at radius 3 is 2.38 bits per heavy atom. The van der Waals surface area contributed by atoms with Crippen molar-refractivity contribution in [2.75, 3.05) is 24.1 Å². The van der Waals surface area contributed by atoms with E-state index < -0.39 is 82.1 Å². The van der Waals surface area contributed by atoms with Crippen LogP contribution in [0.4, 0.5) is 29.1 Å². The second kappa shape index (κ2) is 12.4. The summed E-state index contributed by atoms with van der Waals surface area (Å²) in [6.45, 7) is 1.63. The van der Waals surface area contributed by atoms with Crippen LogP contribution in [0.2, 0.25) is 10.0 Å². The van der Waals surface area contributed by atoms with E-state index in [1.165, 1.54) is 32.4 Å². The molecule has 3 aromatic rings. The highest BCUT2D eigenvalue weighted by Crippen LogP contribution is 2.64. The molecule has 3 heterocycles. The van der Waals surface area contributed by atoms with Crippen LogP contribution >= 0.6 is 39.1 Å². The summed E-state index contributed by atoms with van der Waals surface area (Å²) in [6.07, 6.45) is -3.08. The summed E-state index contributed by atoms with van der Waals surface area (Å²) in [5, 5.41) is 11.7. The van der Waals surface area contributed by atoms with Gasteiger partial charge >= 0.3 is 6.18 Å². The molecule has 2 aliphatic heterocycles. The normalized spacial score (nSPS) is 27.0. The van der Waals surface area contributed by atoms with Gasteiger partial charge in [0.1, 0.15) is 11.5 Å². The first-order chi connectivity index (χ1) is 24.4. The highest BCUT2D eigenvalue weighted by molar-refractivity contribution is 9.10. The molecule has 10 nitrogen and oxygen atoms in total. The quantitative estimate of drug-likeness (QED) is 0.162. The van der Waals surface area contributed by atoms with Crippen molar-refractivity contribution in [2.24, 2.45) is 29.1 Å². The summed E-state index contributed by atoms with van der Waals surface area (Å²) in [7, 11) is 2.55. The number of phenolic OH excluding ortho intramolecular Hbond substituents is 1. The largest absolute Gasteiger partial charge is 0.503 e. The molecule has 7 rings (SSSR count). The smallest absolute Gasteiger partial charge is 0.433 e. The number of amides is 4. The Balaban J connectivity index is 1.35. The van der Waals surface area contributed by atoms with Gasteiger partial charge in [-0.2, -0.15) is 18.2 Å². The summed E-state index contributed by atoms with van der Waals surface area (Å²) < 4.78 is 60.5. The number of aromatic nitrogens is 1. The molecular formula is C35H27BrCl2F4N4O6. The van der Waals surface area contributed by atoms with Gasteiger partial charge in [-0.1, -0.05) is 34.9 Å². The summed E-state index contributed by atoms with van der Waals surface area (Å²) in [6, 6.07) is 8.23. The number of benzene rings is 2. The van der Waals surface area contributed by atoms with E-state index in [2.05, 4.69) is 20.9 Å². The number of fused-ring (bicyclic) bond motifs is 4. The molecule has 6 atom stereocenters. The van der Waals surface area contributed by atoms with Crippen molar-refractivity contribution < 1.29 is 46.6 Å². The Bertz CT molecular complexity index is 2130. The second-order valence-corrected chi connectivity index (χ2v) is 15.0. The first-order valence-corrected chi connectivity index (χ1v) is 17.4. The van der Waals surface area contributed by atoms with E-state index in [0.29, 0.717) is 17.2 Å². The third-order valence-electron chi connectivity index (χ3n) is 10.7. The number of ether oxygens (including phenoxy) is 1. The molecule has 4 aliphatic rings. The Morgan fingerprint density at radius 2 is 1.73 bits per heavy atom. The average molecular weight is 826 g/mol. The van der Waals surface area contributed by atoms with E-state index in [9.17, 15) is 41.8 Å². The number of carbonyl (C=O) groups excluding carboxylic acids is 4. The molecule has 272 valence electrons. The maximum atomic E-state index is 14.6. The number of hydrogen-bond donors (Lipinski definition) is 1. The van der Waals surface area contributed by atoms with Crippen molar-refractivity contribution in [3.8, 4) is 11.5 Å². The number of allylic oxidation sites excluding steroid dienone is 2. The number of pyridine rings is 1. The lowest BCUT2D eigenvalue weighted by molar-refractivity contribution is -0.141. The van der Waals surface area contributed by atoms with Crippen LogP contribution < -0.4 is 14.6 Å². The molecule has 2 aromatic carbocycles. The van der Waals surface area contributed by atoms with Gasteiger partial charge in [0, 0.05) is 13.0 Å². The van der Waals surface area contributed by atoms with E-state index in [-0.39, 0.29) is 44.5 Å². The summed E-state index contributed by atoms with van der Waals surface area (Å²) in [5.41, 5.74) is -1.69. The van der Waals surface area contributed by atoms with Crippen LogP contribution in [0, 0.1) is 34.9 Å². The van der Waals surface area contributed by atoms with Gasteiger partial charge in [0.2, 0.25) is 11.8 Å². The van der Waals surface area contributed by atoms with Crippen molar-refractivity contribution in [2.45, 2.75) is 31.9 Å². The molecule has 4 amide bonds. The fourth-order valence-corrected chi connectivity index (χ4v) is 9.23. The van der Waals surface area contributed by atoms with Crippen LogP contribution in [-0.4, -0.2) is 52.9 Å². The van der Waals surface area contributed by atoms with Gasteiger partial charge < -0.3 is 9.84 Å². The van der Waals surface area contributed by atoms with Crippen molar-refractivity contribution in [1.29, 1.82) is 0 Å². The summed E-state index contributed by atoms with van der Waals surface area (Å²) in [5.74, 6) is -8.86. The molecule has 1 N–H and O–H groups in total. The molecule has 0 radical (unpaired) electrons. The number of halogens is 7. The van der Waals surface area contributed by atoms with Gasteiger partial charge in [-0.05, 0) is 89.6 Å². The molecule has 1 aromatic heterocycles. The Labute approximate surface area is 312 Å². The standard InChI is InChI=1S/C35H27BrCl2F4N4O6/c1-34-19(31(49)45(33(34)51)15-4-8-23(39)22(38)12-15)13-18-16(27(34)14-10-20(36)28(47)24(11-14)52-3)5-6-17-26(18)32(50)46(30(17)48)44(2)29-21(37)7-9-25(43-29)35(40,41)42/h4-5,7-12,17-19,26-27,47H,6,13H2,1-3H3. The number of hydrogen-bond acceptors (Lipinski definition) is 8. The van der Waals surface area contributed by atoms with Crippen molar-refractivity contribution >= 4 is 74.3 Å². The van der Waals surface area contributed by atoms with Gasteiger partial charge in [0.25, 0.3) is 11.8 Å². The summed E-state index contributed by atoms with van der Waals surface area (Å²) in [4.78, 5) is 61.9. The third kappa shape index (κ3) is 5.21. The lowest BCUT2D eigenvalue weighted by Crippen LogP contribution is -2.49. The predicted octanol–water partition coefficient (Wildman–Crippen LogP) is 7.31. The Kier molecular flexibility index (Phi) is 8.65. The van der Waals surface area contributed by atoms with Crippen LogP contribution in [0.25, 0.3) is 0 Å². The second-order valence-electron chi connectivity index (χ2n) is 13.3. The molecule has 2 saturated heterocycles. The number of anilines is 2. The van der Waals surface area contributed by atoms with Gasteiger partial charge in [-0.25, -0.2) is 14.3 Å². The van der Waals surface area contributed by atoms with Crippen molar-refractivity contribution in [3.63, 3.8) is 0 Å². The number of carbonyl (C=O) groups is 4. The minimum absolute atomic E-state index is 0.0300. The number of hydrazine groups is 1. The van der Waals surface area contributed by atoms with Crippen LogP contribution in [0.15, 0.2) is 58.6 Å². The van der Waals surface area contributed by atoms with Gasteiger partial charge in [-0.15, -0.1) is 0 Å². The lowest BCUT2D eigenvalue weighted by Gasteiger charge is -2.49. The zero-order valence-electron chi connectivity index (χ0n) is 27.3. The van der Waals surface area contributed by atoms with Gasteiger partial charge in [0.05, 0.1) is 50.5 Å². The van der Waals surface area contributed by atoms with E-state index in [1.807, 2.05) is 0 Å². The van der Waals surface area contributed by atoms with E-state index in [4.69, 9.17) is 27.9 Å². The van der Waals surface area contributed by atoms with Gasteiger partial charge in [-0.3, -0.25) is 24.2 Å². The summed E-state index contributed by atoms with van der Waals surface area (Å²) >= 11 is 15.6. The zero-order valence-corrected chi connectivity index (χ0v) is 30.4. The number of aromatic hydroxyl groups is 1. The minimum Gasteiger partial charge on any atom is -0.503 e. The zero-order chi connectivity index (χ0) is 37.8. The molecule has 2 aliphatic carbocycles. The number of rotatable bonds is 5. The fraction of sp³-hybridized carbons (Fsp3) is 0.343. The maximum Gasteiger partial charge on any atom is 0.433 e. The molecule has 1 saturated carbocycles. The van der Waals surface area contributed by atoms with Crippen LogP contribution in [0.3, 0.4) is 0 Å². The van der Waals surface area contributed by atoms with E-state index >= 15 is 0 Å². The maximum absolute atomic E-state index is 14.6. The molecule has 3 fully saturated rings. The van der Waals surface area contributed by atoms with Crippen LogP contribution in [0.5, 0.6) is 11.5 Å². The molecule has 0 spiro atoms. The predicted molar refractivity (Wildman–Crippen MR) is 183 cm³/mol. The number of nitrogens with zero attached hydrogens (tertiary/aromatic N) is 4. The molecule has 6 unspecified atom stereocenters. The molecular weight excluding hydrogens is 799 g/mol. The topological polar surface area (TPSA) is 120 Å². The average Bonchev–Trinajstić information content (AvgIpc) is 3.46. The monoisotopic (exact) mass is 824 g/mol. The Morgan fingerprint density at radius 1 is 1.02 bits per heavy atom. The molecule has 52 heavy (non-hydrogen) atoms. The van der Waals surface area contributed by atoms with E-state index in [0.717, 1.165) is 27.1 Å². The first kappa shape index (κ1) is 36.2. The SMILES string of the molecule is COc1cc(C2C3=CCC4C(=O)N(N(C)c5nc(C(F)(F)F)ccc5Cl)C(=O)C4C3CC3C(=O)N(c4ccc(F)c(Cl)c4)C(=O)C32C)cc(Br)c1O. The molecule has 0 bridgehead atoms. The lowest BCUT2D eigenvalue weighted by atomic mass is 9.51. The highest BCUT2D eigenvalue weighted by Gasteiger charge is 2.68. The molecule has 17 heteroatoms. The van der Waals surface area contributed by atoms with Crippen LogP contribution in [0.1, 0.15) is 36.9 Å². The fourth-order valence-electron chi connectivity index (χ4n) is 8.37. The van der Waals surface area contributed by atoms with Crippen LogP contribution in [-0.2, 0) is 25.4 Å². The minimum atomic E-state index is -4.83. The number of imide groups is 2. The van der Waals surface area contributed by atoms with E-state index in [1.54, 1.807) is 19.1 Å². The highest BCUT2D eigenvalue weighted by atomic mass is 79.9.